The number of hydrogen-bond acceptors (Lipinski definition) is 3. The van der Waals surface area contributed by atoms with Gasteiger partial charge in [-0.3, -0.25) is 4.79 Å². The van der Waals surface area contributed by atoms with Crippen molar-refractivity contribution in [3.8, 4) is 5.88 Å². The maximum Gasteiger partial charge on any atom is 0.416 e. The van der Waals surface area contributed by atoms with E-state index in [4.69, 9.17) is 4.74 Å². The van der Waals surface area contributed by atoms with E-state index in [0.29, 0.717) is 11.4 Å². The van der Waals surface area contributed by atoms with Crippen molar-refractivity contribution >= 4 is 33.8 Å². The average molecular weight is 1130 g/mol. The first-order valence-electron chi connectivity index (χ1n) is 21.2. The van der Waals surface area contributed by atoms with Gasteiger partial charge in [-0.15, -0.1) is 0 Å². The number of rotatable bonds is 8. The van der Waals surface area contributed by atoms with Crippen LogP contribution in [0.2, 0.25) is 0 Å². The minimum atomic E-state index is -6.13. The number of nitrogens with zero attached hydrogens (tertiary/aromatic N) is 2. The Labute approximate surface area is 417 Å². The van der Waals surface area contributed by atoms with Crippen LogP contribution in [0, 0.1) is 0 Å². The topological polar surface area (TPSA) is 43.1 Å². The average Bonchev–Trinajstić information content (AvgIpc) is 3.27. The third kappa shape index (κ3) is 14.7. The van der Waals surface area contributed by atoms with Crippen molar-refractivity contribution in [1.29, 1.82) is 0 Å². The first-order valence-corrected chi connectivity index (χ1v) is 21.2. The third-order valence-corrected chi connectivity index (χ3v) is 11.1. The number of alkyl halides is 24. The van der Waals surface area contributed by atoms with E-state index in [2.05, 4.69) is 4.98 Å². The number of carbonyl (C=O) groups excluding carboxylic acids is 1. The van der Waals surface area contributed by atoms with Crippen LogP contribution >= 0.6 is 0 Å². The fraction of sp³-hybridized carbons (Fsp3) is 0.271. The summed E-state index contributed by atoms with van der Waals surface area (Å²) in [4.78, 5) is 16.3. The number of halogens is 24. The van der Waals surface area contributed by atoms with Gasteiger partial charge in [-0.2, -0.15) is 132 Å². The molecule has 0 aliphatic rings. The van der Waals surface area contributed by atoms with Gasteiger partial charge in [0.1, 0.15) is 17.9 Å². The molecular formula is C48H31BF24N2O2. The van der Waals surface area contributed by atoms with Gasteiger partial charge in [0.15, 0.2) is 6.20 Å². The van der Waals surface area contributed by atoms with Gasteiger partial charge in [0.2, 0.25) is 12.3 Å². The van der Waals surface area contributed by atoms with Crippen LogP contribution in [0.1, 0.15) is 75.6 Å². The summed E-state index contributed by atoms with van der Waals surface area (Å²) in [6.45, 7) is 6.12. The molecule has 0 saturated carbocycles. The quantitative estimate of drug-likeness (QED) is 0.0660. The van der Waals surface area contributed by atoms with E-state index in [1.807, 2.05) is 51.1 Å². The zero-order valence-corrected chi connectivity index (χ0v) is 38.6. The van der Waals surface area contributed by atoms with Gasteiger partial charge in [-0.25, -0.2) is 4.98 Å². The number of carbonyl (C=O) groups is 1. The van der Waals surface area contributed by atoms with Crippen molar-refractivity contribution in [3.05, 3.63) is 172 Å². The van der Waals surface area contributed by atoms with Crippen LogP contribution in [0.5, 0.6) is 5.88 Å². The highest BCUT2D eigenvalue weighted by molar-refractivity contribution is 7.20. The van der Waals surface area contributed by atoms with E-state index in [9.17, 15) is 110 Å². The van der Waals surface area contributed by atoms with Gasteiger partial charge in [-0.05, 0) is 45.0 Å². The van der Waals surface area contributed by atoms with E-state index in [1.54, 1.807) is 23.2 Å². The fourth-order valence-corrected chi connectivity index (χ4v) is 7.84. The SMILES string of the molecule is CC(C)(C)Oc1cncc[n+]1CC(=O)c1ccccc1.FC(F)(F)c1cc([B-](c2cc(C(F)(F)F)cc(C(F)(F)F)c2)(c2cc(C(F)(F)F)cc(C(F)(F)F)c2)c2cc(C(F)(F)F)cc(C(F)(F)F)c2)cc(C(F)(F)F)c1. The van der Waals surface area contributed by atoms with Crippen LogP contribution in [0.3, 0.4) is 0 Å². The van der Waals surface area contributed by atoms with Crippen molar-refractivity contribution in [3.63, 3.8) is 0 Å². The lowest BCUT2D eigenvalue weighted by Gasteiger charge is -2.46. The second-order valence-electron chi connectivity index (χ2n) is 17.8. The Balaban J connectivity index is 0.000000455. The summed E-state index contributed by atoms with van der Waals surface area (Å²) in [6, 6.07) is 0.427. The molecule has 1 aromatic heterocycles. The van der Waals surface area contributed by atoms with E-state index < -0.39 is 195 Å². The first-order chi connectivity index (χ1) is 34.7. The van der Waals surface area contributed by atoms with Gasteiger partial charge >= 0.3 is 55.3 Å². The zero-order chi connectivity index (χ0) is 58.5. The Morgan fingerprint density at radius 2 is 0.688 bits per heavy atom. The molecule has 0 amide bonds. The highest BCUT2D eigenvalue weighted by Crippen LogP contribution is 2.41. The highest BCUT2D eigenvalue weighted by Gasteiger charge is 2.47. The van der Waals surface area contributed by atoms with E-state index in [1.165, 1.54) is 0 Å². The summed E-state index contributed by atoms with van der Waals surface area (Å²) in [5, 5.41) is 0. The predicted molar refractivity (Wildman–Crippen MR) is 226 cm³/mol. The predicted octanol–water partition coefficient (Wildman–Crippen LogP) is 13.6. The molecule has 416 valence electrons. The third-order valence-electron chi connectivity index (χ3n) is 11.1. The van der Waals surface area contributed by atoms with Gasteiger partial charge in [0.25, 0.3) is 0 Å². The molecule has 0 aliphatic carbocycles. The molecule has 0 aliphatic heterocycles. The van der Waals surface area contributed by atoms with Crippen LogP contribution in [-0.4, -0.2) is 22.5 Å². The fourth-order valence-electron chi connectivity index (χ4n) is 7.84. The Bertz CT molecular complexity index is 2650. The number of aromatic nitrogens is 2. The number of Topliss-reactive ketones (excluding diaryl/α,β-unsaturated/α-hetero) is 1. The second kappa shape index (κ2) is 20.8. The van der Waals surface area contributed by atoms with Crippen molar-refractivity contribution < 1.29 is 119 Å². The van der Waals surface area contributed by atoms with Crippen LogP contribution in [0.4, 0.5) is 105 Å². The molecule has 0 atom stereocenters. The van der Waals surface area contributed by atoms with Crippen LogP contribution in [0.25, 0.3) is 0 Å². The van der Waals surface area contributed by atoms with Crippen LogP contribution < -0.4 is 31.2 Å². The number of hydrogen-bond donors (Lipinski definition) is 0. The van der Waals surface area contributed by atoms with Gasteiger partial charge in [0, 0.05) is 5.56 Å². The number of ether oxygens (including phenoxy) is 1. The number of benzene rings is 5. The molecule has 0 bridgehead atoms. The summed E-state index contributed by atoms with van der Waals surface area (Å²) in [5.74, 6) is 0.629. The molecule has 6 aromatic rings. The lowest BCUT2D eigenvalue weighted by molar-refractivity contribution is -0.690. The lowest BCUT2D eigenvalue weighted by Crippen LogP contribution is -2.75. The van der Waals surface area contributed by atoms with Crippen molar-refractivity contribution in [2.24, 2.45) is 0 Å². The highest BCUT2D eigenvalue weighted by atomic mass is 19.4. The summed E-state index contributed by atoms with van der Waals surface area (Å²) in [5.41, 5.74) is -29.8. The smallest absolute Gasteiger partial charge is 0.416 e. The first kappa shape index (κ1) is 60.9. The molecule has 77 heavy (non-hydrogen) atoms. The van der Waals surface area contributed by atoms with Gasteiger partial charge < -0.3 is 4.74 Å². The van der Waals surface area contributed by atoms with E-state index in [-0.39, 0.29) is 17.9 Å². The van der Waals surface area contributed by atoms with Crippen molar-refractivity contribution in [1.82, 2.24) is 4.98 Å². The Kier molecular flexibility index (Phi) is 16.4. The largest absolute Gasteiger partial charge is 0.438 e. The van der Waals surface area contributed by atoms with Crippen LogP contribution in [0.15, 0.2) is 122 Å². The molecule has 0 unspecified atom stereocenters. The van der Waals surface area contributed by atoms with Crippen molar-refractivity contribution in [2.45, 2.75) is 82.3 Å². The molecule has 5 aromatic carbocycles. The lowest BCUT2D eigenvalue weighted by atomic mass is 9.12. The van der Waals surface area contributed by atoms with Crippen LogP contribution in [-0.2, 0) is 56.0 Å². The maximum absolute atomic E-state index is 14.2. The molecule has 4 nitrogen and oxygen atoms in total. The molecule has 6 rings (SSSR count). The summed E-state index contributed by atoms with van der Waals surface area (Å²) in [7, 11) is 0. The normalized spacial score (nSPS) is 13.5. The molecular weight excluding hydrogens is 1100 g/mol. The molecule has 29 heteroatoms. The zero-order valence-electron chi connectivity index (χ0n) is 38.6. The number of ketones is 1. The summed E-state index contributed by atoms with van der Waals surface area (Å²) >= 11 is 0. The van der Waals surface area contributed by atoms with Crippen molar-refractivity contribution in [2.75, 3.05) is 0 Å². The Morgan fingerprint density at radius 3 is 0.922 bits per heavy atom. The van der Waals surface area contributed by atoms with Gasteiger partial charge in [-0.1, -0.05) is 78.9 Å². The molecule has 0 radical (unpaired) electrons. The minimum absolute atomic E-state index is 0.0422. The summed E-state index contributed by atoms with van der Waals surface area (Å²) in [6.07, 6.45) is -49.8. The monoisotopic (exact) mass is 1130 g/mol. The molecule has 0 fully saturated rings. The second-order valence-corrected chi connectivity index (χ2v) is 17.8. The Hall–Kier alpha value is -6.97. The van der Waals surface area contributed by atoms with E-state index in [0.717, 1.165) is 0 Å². The standard InChI is InChI=1S/C32H12BF24.C16H19N2O2/c34-25(35,36)13-1-14(26(37,38)39)6-21(5-13)33(22-7-15(27(40,41)42)2-16(8-22)28(43,44)45,23-9-17(29(46,47)48)3-18(10-23)30(49,50)51)24-11-19(31(52,53)54)4-20(12-24)32(55,56)57;1-16(2,3)20-15-11-17-9-10-18(15)12-14(19)13-7-5-4-6-8-13/h1-12H;4-11H,12H2,1-3H3/q-1;+1. The molecule has 1 heterocycles. The van der Waals surface area contributed by atoms with E-state index >= 15 is 0 Å². The molecule has 0 N–H and O–H groups in total. The molecule has 0 spiro atoms. The Morgan fingerprint density at radius 1 is 0.429 bits per heavy atom. The minimum Gasteiger partial charge on any atom is -0.438 e. The van der Waals surface area contributed by atoms with Gasteiger partial charge in [0.05, 0.1) is 50.7 Å². The molecule has 0 saturated heterocycles. The maximum atomic E-state index is 14.2. The summed E-state index contributed by atoms with van der Waals surface area (Å²) < 4.78 is 348.